The number of benzene rings is 1. The molecule has 1 N–H and O–H groups in total. The predicted molar refractivity (Wildman–Crippen MR) is 76.3 cm³/mol. The van der Waals surface area contributed by atoms with E-state index >= 15 is 0 Å². The zero-order chi connectivity index (χ0) is 13.8. The van der Waals surface area contributed by atoms with E-state index in [1.54, 1.807) is 13.3 Å². The lowest BCUT2D eigenvalue weighted by molar-refractivity contribution is 0.408. The highest BCUT2D eigenvalue weighted by Gasteiger charge is 2.15. The number of methoxy groups -OCH3 is 1. The standard InChI is InChI=1S/C15H19N3O2/c1-19-13-3-2-4-14(7-13)20-15-9-17-18(11-15)10-12-5-6-16-8-12/h2-4,7,9,11-12,16H,5-6,8,10H2,1H3. The third kappa shape index (κ3) is 3.11. The Bertz CT molecular complexity index is 562. The van der Waals surface area contributed by atoms with Crippen molar-refractivity contribution in [2.75, 3.05) is 20.2 Å². The maximum absolute atomic E-state index is 5.79. The van der Waals surface area contributed by atoms with E-state index in [9.17, 15) is 0 Å². The van der Waals surface area contributed by atoms with Crippen LogP contribution in [0.1, 0.15) is 6.42 Å². The van der Waals surface area contributed by atoms with Crippen LogP contribution in [-0.2, 0) is 6.54 Å². The van der Waals surface area contributed by atoms with Crippen LogP contribution in [0.25, 0.3) is 0 Å². The largest absolute Gasteiger partial charge is 0.497 e. The molecule has 0 bridgehead atoms. The van der Waals surface area contributed by atoms with E-state index in [0.29, 0.717) is 5.92 Å². The molecule has 0 spiro atoms. The van der Waals surface area contributed by atoms with Crippen LogP contribution in [0.2, 0.25) is 0 Å². The molecular weight excluding hydrogens is 254 g/mol. The van der Waals surface area contributed by atoms with Gasteiger partial charge >= 0.3 is 0 Å². The second kappa shape index (κ2) is 5.96. The van der Waals surface area contributed by atoms with Crippen molar-refractivity contribution < 1.29 is 9.47 Å². The molecule has 1 aliphatic heterocycles. The third-order valence-electron chi connectivity index (χ3n) is 3.49. The summed E-state index contributed by atoms with van der Waals surface area (Å²) in [7, 11) is 1.65. The average Bonchev–Trinajstić information content (AvgIpc) is 3.12. The van der Waals surface area contributed by atoms with Gasteiger partial charge in [0.25, 0.3) is 0 Å². The van der Waals surface area contributed by atoms with Gasteiger partial charge in [-0.05, 0) is 37.6 Å². The molecule has 20 heavy (non-hydrogen) atoms. The van der Waals surface area contributed by atoms with Crippen LogP contribution in [0.4, 0.5) is 0 Å². The lowest BCUT2D eigenvalue weighted by atomic mass is 10.1. The molecule has 1 aromatic carbocycles. The second-order valence-electron chi connectivity index (χ2n) is 5.04. The normalized spacial score (nSPS) is 18.1. The molecule has 1 fully saturated rings. The van der Waals surface area contributed by atoms with Gasteiger partial charge in [-0.2, -0.15) is 5.10 Å². The molecule has 0 aliphatic carbocycles. The van der Waals surface area contributed by atoms with Crippen LogP contribution in [0.5, 0.6) is 17.2 Å². The molecule has 2 heterocycles. The smallest absolute Gasteiger partial charge is 0.165 e. The molecule has 1 saturated heterocycles. The fraction of sp³-hybridized carbons (Fsp3) is 0.400. The maximum Gasteiger partial charge on any atom is 0.165 e. The topological polar surface area (TPSA) is 48.3 Å². The van der Waals surface area contributed by atoms with Crippen LogP contribution < -0.4 is 14.8 Å². The fourth-order valence-electron chi connectivity index (χ4n) is 2.43. The Hall–Kier alpha value is -2.01. The van der Waals surface area contributed by atoms with Crippen LogP contribution in [0.3, 0.4) is 0 Å². The summed E-state index contributed by atoms with van der Waals surface area (Å²) in [5.41, 5.74) is 0. The van der Waals surface area contributed by atoms with Gasteiger partial charge < -0.3 is 14.8 Å². The first-order valence-electron chi connectivity index (χ1n) is 6.88. The zero-order valence-corrected chi connectivity index (χ0v) is 11.6. The summed E-state index contributed by atoms with van der Waals surface area (Å²) in [5.74, 6) is 2.96. The lowest BCUT2D eigenvalue weighted by Gasteiger charge is -2.07. The van der Waals surface area contributed by atoms with Crippen molar-refractivity contribution in [3.8, 4) is 17.2 Å². The van der Waals surface area contributed by atoms with Crippen molar-refractivity contribution in [2.45, 2.75) is 13.0 Å². The highest BCUT2D eigenvalue weighted by Crippen LogP contribution is 2.25. The molecular formula is C15H19N3O2. The van der Waals surface area contributed by atoms with Gasteiger partial charge in [0, 0.05) is 12.6 Å². The number of hydrogen-bond acceptors (Lipinski definition) is 4. The van der Waals surface area contributed by atoms with Gasteiger partial charge in [-0.15, -0.1) is 0 Å². The number of nitrogens with zero attached hydrogens (tertiary/aromatic N) is 2. The molecule has 0 radical (unpaired) electrons. The Kier molecular flexibility index (Phi) is 3.87. The first kappa shape index (κ1) is 13.0. The van der Waals surface area contributed by atoms with Gasteiger partial charge in [-0.3, -0.25) is 4.68 Å². The van der Waals surface area contributed by atoms with Crippen LogP contribution in [0.15, 0.2) is 36.7 Å². The first-order valence-corrected chi connectivity index (χ1v) is 6.88. The van der Waals surface area contributed by atoms with Crippen molar-refractivity contribution in [3.05, 3.63) is 36.7 Å². The Labute approximate surface area is 118 Å². The summed E-state index contributed by atoms with van der Waals surface area (Å²) in [6.45, 7) is 3.12. The van der Waals surface area contributed by atoms with Gasteiger partial charge in [-0.1, -0.05) is 6.07 Å². The Morgan fingerprint density at radius 1 is 1.35 bits per heavy atom. The Morgan fingerprint density at radius 2 is 2.25 bits per heavy atom. The van der Waals surface area contributed by atoms with Crippen molar-refractivity contribution in [3.63, 3.8) is 0 Å². The lowest BCUT2D eigenvalue weighted by Crippen LogP contribution is -2.14. The first-order chi connectivity index (χ1) is 9.83. The van der Waals surface area contributed by atoms with E-state index in [0.717, 1.165) is 36.9 Å². The monoisotopic (exact) mass is 273 g/mol. The SMILES string of the molecule is COc1cccc(Oc2cnn(CC3CCNC3)c2)c1. The van der Waals surface area contributed by atoms with E-state index in [-0.39, 0.29) is 0 Å². The van der Waals surface area contributed by atoms with Gasteiger partial charge in [0.15, 0.2) is 5.75 Å². The molecule has 5 heteroatoms. The molecule has 1 aromatic heterocycles. The second-order valence-corrected chi connectivity index (χ2v) is 5.04. The molecule has 0 amide bonds. The average molecular weight is 273 g/mol. The summed E-state index contributed by atoms with van der Waals surface area (Å²) in [6.07, 6.45) is 4.91. The van der Waals surface area contributed by atoms with Crippen LogP contribution >= 0.6 is 0 Å². The molecule has 3 rings (SSSR count). The van der Waals surface area contributed by atoms with E-state index < -0.39 is 0 Å². The van der Waals surface area contributed by atoms with E-state index in [2.05, 4.69) is 10.4 Å². The minimum absolute atomic E-state index is 0.666. The Morgan fingerprint density at radius 3 is 3.05 bits per heavy atom. The summed E-state index contributed by atoms with van der Waals surface area (Å²) in [6, 6.07) is 7.56. The van der Waals surface area contributed by atoms with Crippen LogP contribution in [-0.4, -0.2) is 30.0 Å². The minimum atomic E-state index is 0.666. The molecule has 1 unspecified atom stereocenters. The van der Waals surface area contributed by atoms with Crippen molar-refractivity contribution in [1.29, 1.82) is 0 Å². The van der Waals surface area contributed by atoms with E-state index in [4.69, 9.17) is 9.47 Å². The van der Waals surface area contributed by atoms with Crippen molar-refractivity contribution >= 4 is 0 Å². The van der Waals surface area contributed by atoms with Gasteiger partial charge in [0.1, 0.15) is 11.5 Å². The number of ether oxygens (including phenoxy) is 2. The highest BCUT2D eigenvalue weighted by molar-refractivity contribution is 5.35. The van der Waals surface area contributed by atoms with Gasteiger partial charge in [0.05, 0.1) is 19.5 Å². The van der Waals surface area contributed by atoms with Gasteiger partial charge in [-0.25, -0.2) is 0 Å². The maximum atomic E-state index is 5.79. The van der Waals surface area contributed by atoms with Crippen LogP contribution in [0, 0.1) is 5.92 Å². The molecule has 1 atom stereocenters. The summed E-state index contributed by atoms with van der Waals surface area (Å²) < 4.78 is 12.9. The third-order valence-corrected chi connectivity index (χ3v) is 3.49. The summed E-state index contributed by atoms with van der Waals surface area (Å²) >= 11 is 0. The fourth-order valence-corrected chi connectivity index (χ4v) is 2.43. The molecule has 106 valence electrons. The summed E-state index contributed by atoms with van der Waals surface area (Å²) in [5, 5.41) is 7.72. The highest BCUT2D eigenvalue weighted by atomic mass is 16.5. The summed E-state index contributed by atoms with van der Waals surface area (Å²) in [4.78, 5) is 0. The molecule has 5 nitrogen and oxygen atoms in total. The van der Waals surface area contributed by atoms with Crippen molar-refractivity contribution in [2.24, 2.45) is 5.92 Å². The number of hydrogen-bond donors (Lipinski definition) is 1. The number of nitrogens with one attached hydrogen (secondary N) is 1. The quantitative estimate of drug-likeness (QED) is 0.908. The number of aromatic nitrogens is 2. The van der Waals surface area contributed by atoms with E-state index in [1.807, 2.05) is 35.1 Å². The molecule has 0 saturated carbocycles. The van der Waals surface area contributed by atoms with Gasteiger partial charge in [0.2, 0.25) is 0 Å². The minimum Gasteiger partial charge on any atom is -0.497 e. The Balaban J connectivity index is 1.63. The van der Waals surface area contributed by atoms with E-state index in [1.165, 1.54) is 6.42 Å². The van der Waals surface area contributed by atoms with Crippen molar-refractivity contribution in [1.82, 2.24) is 15.1 Å². The number of rotatable bonds is 5. The zero-order valence-electron chi connectivity index (χ0n) is 11.6. The predicted octanol–water partition coefficient (Wildman–Crippen LogP) is 2.29. The molecule has 2 aromatic rings. The molecule has 1 aliphatic rings.